The van der Waals surface area contributed by atoms with Crippen LogP contribution < -0.4 is 0 Å². The van der Waals surface area contributed by atoms with Gasteiger partial charge < -0.3 is 4.90 Å². The number of carbonyl (C=O) groups excluding carboxylic acids is 1. The van der Waals surface area contributed by atoms with Gasteiger partial charge in [-0.25, -0.2) is 0 Å². The predicted octanol–water partition coefficient (Wildman–Crippen LogP) is 3.02. The van der Waals surface area contributed by atoms with Crippen molar-refractivity contribution in [1.29, 1.82) is 0 Å². The van der Waals surface area contributed by atoms with Crippen LogP contribution in [-0.4, -0.2) is 57.2 Å². The standard InChI is InChI=1S/C19H32N4O/c1-14(2)15-13-16(22(5)20-15)18(24)23-12-8-10-19(3)17(23)9-6-7-11-21(19)4/h13-14,17H,6-12H2,1-5H3/t17-,19-/m0/s1. The summed E-state index contributed by atoms with van der Waals surface area (Å²) in [6, 6.07) is 2.29. The Hall–Kier alpha value is -1.36. The average molecular weight is 332 g/mol. The molecule has 3 rings (SSSR count). The number of likely N-dealkylation sites (N-methyl/N-ethyl adjacent to an activating group) is 1. The number of aryl methyl sites for hydroxylation is 1. The number of likely N-dealkylation sites (tertiary alicyclic amines) is 2. The molecule has 5 nitrogen and oxygen atoms in total. The van der Waals surface area contributed by atoms with Gasteiger partial charge in [0, 0.05) is 19.1 Å². The maximum atomic E-state index is 13.3. The van der Waals surface area contributed by atoms with Crippen LogP contribution >= 0.6 is 0 Å². The van der Waals surface area contributed by atoms with Crippen LogP contribution in [0.2, 0.25) is 0 Å². The number of hydrogen-bond donors (Lipinski definition) is 0. The molecule has 0 unspecified atom stereocenters. The molecular formula is C19H32N4O. The molecule has 0 saturated carbocycles. The van der Waals surface area contributed by atoms with Crippen molar-refractivity contribution in [2.24, 2.45) is 7.05 Å². The second kappa shape index (κ2) is 6.51. The number of aromatic nitrogens is 2. The molecule has 0 aromatic carbocycles. The van der Waals surface area contributed by atoms with Gasteiger partial charge >= 0.3 is 0 Å². The van der Waals surface area contributed by atoms with E-state index >= 15 is 0 Å². The maximum absolute atomic E-state index is 13.3. The minimum atomic E-state index is 0.101. The topological polar surface area (TPSA) is 41.4 Å². The summed E-state index contributed by atoms with van der Waals surface area (Å²) in [4.78, 5) is 18.0. The van der Waals surface area contributed by atoms with E-state index in [0.29, 0.717) is 12.0 Å². The lowest BCUT2D eigenvalue weighted by Crippen LogP contribution is -2.63. The van der Waals surface area contributed by atoms with Crippen LogP contribution in [-0.2, 0) is 7.05 Å². The quantitative estimate of drug-likeness (QED) is 0.836. The molecule has 0 radical (unpaired) electrons. The molecule has 0 bridgehead atoms. The smallest absolute Gasteiger partial charge is 0.272 e. The molecule has 24 heavy (non-hydrogen) atoms. The van der Waals surface area contributed by atoms with Crippen LogP contribution in [0.3, 0.4) is 0 Å². The van der Waals surface area contributed by atoms with Crippen molar-refractivity contribution in [3.63, 3.8) is 0 Å². The first-order valence-electron chi connectivity index (χ1n) is 9.40. The summed E-state index contributed by atoms with van der Waals surface area (Å²) in [5.74, 6) is 0.497. The van der Waals surface area contributed by atoms with Crippen molar-refractivity contribution in [2.75, 3.05) is 20.1 Å². The fraction of sp³-hybridized carbons (Fsp3) is 0.789. The highest BCUT2D eigenvalue weighted by Crippen LogP contribution is 2.38. The zero-order chi connectivity index (χ0) is 17.5. The summed E-state index contributed by atoms with van der Waals surface area (Å²) >= 11 is 0. The van der Waals surface area contributed by atoms with E-state index in [4.69, 9.17) is 0 Å². The molecule has 2 saturated heterocycles. The molecule has 1 amide bonds. The van der Waals surface area contributed by atoms with Gasteiger partial charge in [0.1, 0.15) is 5.69 Å². The van der Waals surface area contributed by atoms with Crippen molar-refractivity contribution in [2.45, 2.75) is 70.4 Å². The summed E-state index contributed by atoms with van der Waals surface area (Å²) in [5, 5.41) is 4.54. The van der Waals surface area contributed by atoms with E-state index in [1.54, 1.807) is 4.68 Å². The predicted molar refractivity (Wildman–Crippen MR) is 96.2 cm³/mol. The van der Waals surface area contributed by atoms with E-state index in [1.165, 1.54) is 19.3 Å². The van der Waals surface area contributed by atoms with Crippen LogP contribution in [0, 0.1) is 0 Å². The van der Waals surface area contributed by atoms with Gasteiger partial charge in [-0.15, -0.1) is 0 Å². The highest BCUT2D eigenvalue weighted by atomic mass is 16.2. The Kier molecular flexibility index (Phi) is 4.73. The van der Waals surface area contributed by atoms with Gasteiger partial charge in [0.15, 0.2) is 0 Å². The Bertz CT molecular complexity index is 609. The Labute approximate surface area is 146 Å². The van der Waals surface area contributed by atoms with Crippen molar-refractivity contribution in [3.8, 4) is 0 Å². The summed E-state index contributed by atoms with van der Waals surface area (Å²) in [6.45, 7) is 8.60. The molecule has 2 fully saturated rings. The molecule has 2 aliphatic rings. The van der Waals surface area contributed by atoms with Gasteiger partial charge in [-0.1, -0.05) is 20.3 Å². The molecule has 3 heterocycles. The van der Waals surface area contributed by atoms with E-state index in [2.05, 4.69) is 42.7 Å². The van der Waals surface area contributed by atoms with Crippen molar-refractivity contribution in [1.82, 2.24) is 19.6 Å². The van der Waals surface area contributed by atoms with E-state index in [-0.39, 0.29) is 11.4 Å². The maximum Gasteiger partial charge on any atom is 0.272 e. The molecule has 2 aliphatic heterocycles. The van der Waals surface area contributed by atoms with Gasteiger partial charge in [-0.3, -0.25) is 14.4 Å². The second-order valence-corrected chi connectivity index (χ2v) is 8.13. The van der Waals surface area contributed by atoms with E-state index in [0.717, 1.165) is 37.3 Å². The zero-order valence-electron chi connectivity index (χ0n) is 15.9. The van der Waals surface area contributed by atoms with Crippen molar-refractivity contribution < 1.29 is 4.79 Å². The lowest BCUT2D eigenvalue weighted by Gasteiger charge is -2.51. The number of hydrogen-bond acceptors (Lipinski definition) is 3. The monoisotopic (exact) mass is 332 g/mol. The highest BCUT2D eigenvalue weighted by molar-refractivity contribution is 5.93. The Morgan fingerprint density at radius 1 is 1.25 bits per heavy atom. The van der Waals surface area contributed by atoms with E-state index in [9.17, 15) is 4.79 Å². The van der Waals surface area contributed by atoms with Crippen LogP contribution in [0.1, 0.15) is 75.0 Å². The molecule has 1 aromatic heterocycles. The van der Waals surface area contributed by atoms with E-state index < -0.39 is 0 Å². The molecule has 0 N–H and O–H groups in total. The number of amides is 1. The molecule has 0 aliphatic carbocycles. The van der Waals surface area contributed by atoms with Crippen LogP contribution in [0.5, 0.6) is 0 Å². The third-order valence-electron chi connectivity index (χ3n) is 6.24. The third kappa shape index (κ3) is 2.87. The molecular weight excluding hydrogens is 300 g/mol. The number of fused-ring (bicyclic) bond motifs is 1. The summed E-state index contributed by atoms with van der Waals surface area (Å²) in [5.41, 5.74) is 1.83. The molecule has 1 aromatic rings. The Morgan fingerprint density at radius 2 is 2.00 bits per heavy atom. The highest BCUT2D eigenvalue weighted by Gasteiger charge is 2.46. The van der Waals surface area contributed by atoms with Gasteiger partial charge in [0.25, 0.3) is 5.91 Å². The minimum absolute atomic E-state index is 0.101. The molecule has 0 spiro atoms. The van der Waals surface area contributed by atoms with Gasteiger partial charge in [0.2, 0.25) is 0 Å². The number of rotatable bonds is 2. The van der Waals surface area contributed by atoms with Crippen molar-refractivity contribution >= 4 is 5.91 Å². The molecule has 5 heteroatoms. The van der Waals surface area contributed by atoms with Crippen LogP contribution in [0.25, 0.3) is 0 Å². The molecule has 2 atom stereocenters. The number of nitrogens with zero attached hydrogens (tertiary/aromatic N) is 4. The largest absolute Gasteiger partial charge is 0.332 e. The van der Waals surface area contributed by atoms with Crippen LogP contribution in [0.15, 0.2) is 6.07 Å². The van der Waals surface area contributed by atoms with Crippen molar-refractivity contribution in [3.05, 3.63) is 17.5 Å². The zero-order valence-corrected chi connectivity index (χ0v) is 15.9. The Balaban J connectivity index is 1.91. The van der Waals surface area contributed by atoms with Gasteiger partial charge in [-0.05, 0) is 58.2 Å². The van der Waals surface area contributed by atoms with Gasteiger partial charge in [0.05, 0.1) is 11.7 Å². The summed E-state index contributed by atoms with van der Waals surface area (Å²) in [6.07, 6.45) is 5.81. The second-order valence-electron chi connectivity index (χ2n) is 8.13. The average Bonchev–Trinajstić information content (AvgIpc) is 2.86. The number of piperidine rings is 1. The fourth-order valence-electron chi connectivity index (χ4n) is 4.48. The normalized spacial score (nSPS) is 28.8. The Morgan fingerprint density at radius 3 is 2.67 bits per heavy atom. The first kappa shape index (κ1) is 17.5. The summed E-state index contributed by atoms with van der Waals surface area (Å²) < 4.78 is 1.77. The first-order valence-corrected chi connectivity index (χ1v) is 9.40. The lowest BCUT2D eigenvalue weighted by atomic mass is 9.80. The SMILES string of the molecule is CC(C)c1cc(C(=O)N2CCC[C@@]3(C)[C@@H]2CCCCN3C)n(C)n1. The molecule has 134 valence electrons. The van der Waals surface area contributed by atoms with Gasteiger partial charge in [-0.2, -0.15) is 5.10 Å². The van der Waals surface area contributed by atoms with E-state index in [1.807, 2.05) is 13.1 Å². The first-order chi connectivity index (χ1) is 11.3. The summed E-state index contributed by atoms with van der Waals surface area (Å²) in [7, 11) is 4.12. The van der Waals surface area contributed by atoms with Crippen LogP contribution in [0.4, 0.5) is 0 Å². The third-order valence-corrected chi connectivity index (χ3v) is 6.24. The lowest BCUT2D eigenvalue weighted by molar-refractivity contribution is -0.00391. The minimum Gasteiger partial charge on any atom is -0.332 e. The number of carbonyl (C=O) groups is 1. The fourth-order valence-corrected chi connectivity index (χ4v) is 4.48.